The fraction of sp³-hybridized carbons (Fsp3) is 0.333. The van der Waals surface area contributed by atoms with Crippen molar-refractivity contribution >= 4 is 13.9 Å². The molecule has 54 valence electrons. The minimum absolute atomic E-state index is 0.928. The molecule has 0 aromatic heterocycles. The fourth-order valence-electron chi connectivity index (χ4n) is 1.21. The van der Waals surface area contributed by atoms with Crippen molar-refractivity contribution in [1.82, 2.24) is 0 Å². The van der Waals surface area contributed by atoms with E-state index in [1.54, 1.807) is 0 Å². The number of hydrogen-bond donors (Lipinski definition) is 0. The third-order valence-electron chi connectivity index (χ3n) is 1.73. The Morgan fingerprint density at radius 1 is 1.10 bits per heavy atom. The van der Waals surface area contributed by atoms with Gasteiger partial charge in [0.1, 0.15) is 0 Å². The van der Waals surface area contributed by atoms with Crippen molar-refractivity contribution in [2.75, 3.05) is 6.66 Å². The molecular weight excluding hydrogens is 139 g/mol. The normalized spacial score (nSPS) is 11.1. The molecule has 0 amide bonds. The maximum absolute atomic E-state index is 2.23. The molecule has 1 aromatic carbocycles. The van der Waals surface area contributed by atoms with E-state index in [0.29, 0.717) is 0 Å². The second-order valence-electron chi connectivity index (χ2n) is 2.52. The molecular formula is C9H13P. The van der Waals surface area contributed by atoms with Gasteiger partial charge in [0.2, 0.25) is 0 Å². The minimum atomic E-state index is 0.928. The van der Waals surface area contributed by atoms with Crippen LogP contribution in [0, 0.1) is 13.8 Å². The number of aryl methyl sites for hydroxylation is 2. The SMILES string of the molecule is CPc1c(C)cccc1C. The Kier molecular flexibility index (Phi) is 2.45. The second-order valence-corrected chi connectivity index (χ2v) is 3.52. The summed E-state index contributed by atoms with van der Waals surface area (Å²) >= 11 is 0. The topological polar surface area (TPSA) is 0 Å². The Labute approximate surface area is 64.4 Å². The first-order valence-corrected chi connectivity index (χ1v) is 4.99. The lowest BCUT2D eigenvalue weighted by Crippen LogP contribution is -2.02. The summed E-state index contributed by atoms with van der Waals surface area (Å²) < 4.78 is 0. The molecule has 1 atom stereocenters. The van der Waals surface area contributed by atoms with Crippen molar-refractivity contribution in [1.29, 1.82) is 0 Å². The van der Waals surface area contributed by atoms with E-state index in [2.05, 4.69) is 38.7 Å². The summed E-state index contributed by atoms with van der Waals surface area (Å²) in [5.74, 6) is 0. The summed E-state index contributed by atoms with van der Waals surface area (Å²) in [7, 11) is 0.928. The van der Waals surface area contributed by atoms with Crippen molar-refractivity contribution in [2.45, 2.75) is 13.8 Å². The van der Waals surface area contributed by atoms with Gasteiger partial charge in [0.05, 0.1) is 0 Å². The summed E-state index contributed by atoms with van der Waals surface area (Å²) in [5.41, 5.74) is 2.86. The van der Waals surface area contributed by atoms with Gasteiger partial charge in [-0.25, -0.2) is 0 Å². The summed E-state index contributed by atoms with van der Waals surface area (Å²) in [5, 5.41) is 1.53. The molecule has 0 aliphatic rings. The molecule has 0 spiro atoms. The van der Waals surface area contributed by atoms with Crippen LogP contribution in [0.2, 0.25) is 0 Å². The second kappa shape index (κ2) is 3.16. The first kappa shape index (κ1) is 7.75. The van der Waals surface area contributed by atoms with Gasteiger partial charge in [0.15, 0.2) is 0 Å². The predicted molar refractivity (Wildman–Crippen MR) is 49.8 cm³/mol. The number of hydrogen-bond acceptors (Lipinski definition) is 0. The van der Waals surface area contributed by atoms with Crippen molar-refractivity contribution in [2.24, 2.45) is 0 Å². The van der Waals surface area contributed by atoms with Crippen molar-refractivity contribution < 1.29 is 0 Å². The van der Waals surface area contributed by atoms with Crippen LogP contribution in [0.4, 0.5) is 0 Å². The third-order valence-corrected chi connectivity index (χ3v) is 3.02. The highest BCUT2D eigenvalue weighted by atomic mass is 31.1. The predicted octanol–water partition coefficient (Wildman–Crippen LogP) is 2.24. The van der Waals surface area contributed by atoms with E-state index in [4.69, 9.17) is 0 Å². The van der Waals surface area contributed by atoms with Crippen LogP contribution in [-0.4, -0.2) is 6.66 Å². The molecule has 0 aliphatic heterocycles. The average Bonchev–Trinajstić information content (AvgIpc) is 1.88. The summed E-state index contributed by atoms with van der Waals surface area (Å²) in [6.45, 7) is 6.59. The zero-order valence-electron chi connectivity index (χ0n) is 6.73. The fourth-order valence-corrected chi connectivity index (χ4v) is 2.16. The Hall–Kier alpha value is -0.350. The highest BCUT2D eigenvalue weighted by Gasteiger charge is 1.96. The number of rotatable bonds is 1. The van der Waals surface area contributed by atoms with Gasteiger partial charge in [-0.05, 0) is 36.9 Å². The summed E-state index contributed by atoms with van der Waals surface area (Å²) in [6.07, 6.45) is 0. The Balaban J connectivity index is 3.17. The molecule has 1 heteroatoms. The van der Waals surface area contributed by atoms with Gasteiger partial charge in [-0.2, -0.15) is 0 Å². The van der Waals surface area contributed by atoms with Crippen LogP contribution >= 0.6 is 8.58 Å². The van der Waals surface area contributed by atoms with Crippen LogP contribution in [0.3, 0.4) is 0 Å². The van der Waals surface area contributed by atoms with Gasteiger partial charge in [-0.1, -0.05) is 26.8 Å². The Morgan fingerprint density at radius 2 is 1.60 bits per heavy atom. The van der Waals surface area contributed by atoms with Crippen molar-refractivity contribution in [3.05, 3.63) is 29.3 Å². The Bertz CT molecular complexity index is 208. The van der Waals surface area contributed by atoms with Crippen LogP contribution in [0.1, 0.15) is 11.1 Å². The van der Waals surface area contributed by atoms with E-state index in [9.17, 15) is 0 Å². The molecule has 1 rings (SSSR count). The summed E-state index contributed by atoms with van der Waals surface area (Å²) in [4.78, 5) is 0. The first-order valence-electron chi connectivity index (χ1n) is 3.49. The van der Waals surface area contributed by atoms with Crippen LogP contribution in [0.5, 0.6) is 0 Å². The molecule has 0 saturated carbocycles. The Morgan fingerprint density at radius 3 is 1.90 bits per heavy atom. The molecule has 0 fully saturated rings. The van der Waals surface area contributed by atoms with Gasteiger partial charge in [-0.3, -0.25) is 0 Å². The van der Waals surface area contributed by atoms with Gasteiger partial charge < -0.3 is 0 Å². The third kappa shape index (κ3) is 1.38. The molecule has 1 aromatic rings. The van der Waals surface area contributed by atoms with E-state index in [1.165, 1.54) is 16.4 Å². The van der Waals surface area contributed by atoms with E-state index in [0.717, 1.165) is 8.58 Å². The van der Waals surface area contributed by atoms with Gasteiger partial charge in [-0.15, -0.1) is 0 Å². The molecule has 0 heterocycles. The first-order chi connectivity index (χ1) is 4.75. The van der Waals surface area contributed by atoms with Crippen LogP contribution in [0.25, 0.3) is 0 Å². The lowest BCUT2D eigenvalue weighted by Gasteiger charge is -2.04. The monoisotopic (exact) mass is 152 g/mol. The standard InChI is InChI=1S/C9H13P/c1-7-5-4-6-8(2)9(7)10-3/h4-6,10H,1-3H3. The van der Waals surface area contributed by atoms with E-state index >= 15 is 0 Å². The molecule has 0 N–H and O–H groups in total. The molecule has 0 radical (unpaired) electrons. The van der Waals surface area contributed by atoms with Crippen molar-refractivity contribution in [3.8, 4) is 0 Å². The maximum Gasteiger partial charge on any atom is -0.0216 e. The molecule has 0 bridgehead atoms. The highest BCUT2D eigenvalue weighted by Crippen LogP contribution is 2.11. The van der Waals surface area contributed by atoms with E-state index < -0.39 is 0 Å². The van der Waals surface area contributed by atoms with Crippen LogP contribution in [-0.2, 0) is 0 Å². The largest absolute Gasteiger partial charge is 0.0930 e. The molecule has 0 nitrogen and oxygen atoms in total. The number of benzene rings is 1. The summed E-state index contributed by atoms with van der Waals surface area (Å²) in [6, 6.07) is 6.48. The van der Waals surface area contributed by atoms with E-state index in [1.807, 2.05) is 0 Å². The lowest BCUT2D eigenvalue weighted by atomic mass is 10.2. The zero-order valence-corrected chi connectivity index (χ0v) is 7.73. The molecule has 1 unspecified atom stereocenters. The molecule has 0 aliphatic carbocycles. The maximum atomic E-state index is 2.23. The van der Waals surface area contributed by atoms with Gasteiger partial charge in [0, 0.05) is 0 Å². The highest BCUT2D eigenvalue weighted by molar-refractivity contribution is 7.46. The molecule has 0 saturated heterocycles. The lowest BCUT2D eigenvalue weighted by molar-refractivity contribution is 1.44. The van der Waals surface area contributed by atoms with Gasteiger partial charge in [0.25, 0.3) is 0 Å². The van der Waals surface area contributed by atoms with Gasteiger partial charge >= 0.3 is 0 Å². The van der Waals surface area contributed by atoms with Crippen molar-refractivity contribution in [3.63, 3.8) is 0 Å². The zero-order chi connectivity index (χ0) is 7.56. The smallest absolute Gasteiger partial charge is 0.0216 e. The average molecular weight is 152 g/mol. The molecule has 10 heavy (non-hydrogen) atoms. The van der Waals surface area contributed by atoms with Crippen LogP contribution < -0.4 is 5.30 Å². The minimum Gasteiger partial charge on any atom is -0.0930 e. The van der Waals surface area contributed by atoms with E-state index in [-0.39, 0.29) is 0 Å². The van der Waals surface area contributed by atoms with Crippen LogP contribution in [0.15, 0.2) is 18.2 Å². The quantitative estimate of drug-likeness (QED) is 0.541.